The zero-order valence-electron chi connectivity index (χ0n) is 17.1. The number of hydrogen-bond acceptors (Lipinski definition) is 4. The quantitative estimate of drug-likeness (QED) is 0.541. The summed E-state index contributed by atoms with van der Waals surface area (Å²) in [6, 6.07) is 7.64. The molecule has 5 heteroatoms. The smallest absolute Gasteiger partial charge is 0.407 e. The minimum Gasteiger partial charge on any atom is -0.466 e. The molecule has 0 atom stereocenters. The Kier molecular flexibility index (Phi) is 6.22. The predicted octanol–water partition coefficient (Wildman–Crippen LogP) is 4.56. The molecule has 29 heavy (non-hydrogen) atoms. The van der Waals surface area contributed by atoms with Gasteiger partial charge in [-0.1, -0.05) is 24.3 Å². The molecule has 4 bridgehead atoms. The highest BCUT2D eigenvalue weighted by Gasteiger charge is 2.47. The van der Waals surface area contributed by atoms with Crippen LogP contribution >= 0.6 is 0 Å². The number of carbonyl (C=O) groups excluding carboxylic acids is 2. The lowest BCUT2D eigenvalue weighted by atomic mass is 9.51. The standard InChI is InChI=1S/C24H31NO4/c1-28-23(26)7-6-16-2-4-17(5-3-16)15-25-24(27)29-9-8-22-20-11-18-10-19(13-20)14-21(22)12-18/h2-7,18-22H,8-15H2,1H3,(H,25,27)/b7-6+. The summed E-state index contributed by atoms with van der Waals surface area (Å²) in [7, 11) is 1.35. The van der Waals surface area contributed by atoms with Crippen LogP contribution in [0.3, 0.4) is 0 Å². The molecule has 4 saturated carbocycles. The lowest BCUT2D eigenvalue weighted by molar-refractivity contribution is -0.134. The Morgan fingerprint density at radius 3 is 2.31 bits per heavy atom. The minimum atomic E-state index is -0.382. The van der Waals surface area contributed by atoms with Gasteiger partial charge in [-0.15, -0.1) is 0 Å². The molecule has 1 N–H and O–H groups in total. The highest BCUT2D eigenvalue weighted by atomic mass is 16.5. The molecule has 5 rings (SSSR count). The van der Waals surface area contributed by atoms with Crippen molar-refractivity contribution in [2.75, 3.05) is 13.7 Å². The topological polar surface area (TPSA) is 64.6 Å². The number of hydrogen-bond donors (Lipinski definition) is 1. The summed E-state index contributed by atoms with van der Waals surface area (Å²) in [6.07, 6.45) is 10.9. The summed E-state index contributed by atoms with van der Waals surface area (Å²) < 4.78 is 10.0. The molecule has 4 aliphatic rings. The van der Waals surface area contributed by atoms with Crippen LogP contribution in [0.1, 0.15) is 49.7 Å². The number of benzene rings is 1. The fraction of sp³-hybridized carbons (Fsp3) is 0.583. The Labute approximate surface area is 172 Å². The number of rotatable bonds is 7. The lowest BCUT2D eigenvalue weighted by Gasteiger charge is -2.54. The van der Waals surface area contributed by atoms with Gasteiger partial charge in [-0.25, -0.2) is 9.59 Å². The highest BCUT2D eigenvalue weighted by molar-refractivity contribution is 5.86. The van der Waals surface area contributed by atoms with Crippen molar-refractivity contribution in [3.63, 3.8) is 0 Å². The molecule has 156 valence electrons. The molecular formula is C24H31NO4. The molecule has 0 aromatic heterocycles. The molecule has 0 aliphatic heterocycles. The number of amides is 1. The lowest BCUT2D eigenvalue weighted by Crippen LogP contribution is -2.45. The predicted molar refractivity (Wildman–Crippen MR) is 111 cm³/mol. The maximum absolute atomic E-state index is 12.0. The molecule has 0 heterocycles. The van der Waals surface area contributed by atoms with Crippen LogP contribution in [-0.4, -0.2) is 25.8 Å². The first kappa shape index (κ1) is 20.0. The first-order chi connectivity index (χ1) is 14.1. The van der Waals surface area contributed by atoms with E-state index in [1.807, 2.05) is 24.3 Å². The van der Waals surface area contributed by atoms with Crippen LogP contribution in [0, 0.1) is 29.6 Å². The number of alkyl carbamates (subject to hydrolysis) is 1. The van der Waals surface area contributed by atoms with E-state index >= 15 is 0 Å². The summed E-state index contributed by atoms with van der Waals surface area (Å²) in [5.74, 6) is 4.11. The normalized spacial score (nSPS) is 29.8. The monoisotopic (exact) mass is 397 g/mol. The van der Waals surface area contributed by atoms with Crippen LogP contribution in [0.4, 0.5) is 4.79 Å². The summed E-state index contributed by atoms with van der Waals surface area (Å²) in [5, 5.41) is 2.83. The first-order valence-electron chi connectivity index (χ1n) is 10.9. The molecule has 0 radical (unpaired) electrons. The summed E-state index contributed by atoms with van der Waals surface area (Å²) in [4.78, 5) is 23.2. The van der Waals surface area contributed by atoms with Gasteiger partial charge in [-0.2, -0.15) is 0 Å². The van der Waals surface area contributed by atoms with E-state index in [2.05, 4.69) is 10.1 Å². The van der Waals surface area contributed by atoms with Crippen molar-refractivity contribution < 1.29 is 19.1 Å². The molecule has 1 amide bonds. The van der Waals surface area contributed by atoms with Crippen LogP contribution in [0.2, 0.25) is 0 Å². The molecule has 4 fully saturated rings. The second-order valence-corrected chi connectivity index (χ2v) is 8.97. The first-order valence-corrected chi connectivity index (χ1v) is 10.9. The van der Waals surface area contributed by atoms with Gasteiger partial charge in [0.05, 0.1) is 13.7 Å². The van der Waals surface area contributed by atoms with E-state index < -0.39 is 0 Å². The van der Waals surface area contributed by atoms with Crippen molar-refractivity contribution in [3.05, 3.63) is 41.5 Å². The summed E-state index contributed by atoms with van der Waals surface area (Å²) >= 11 is 0. The molecule has 1 aromatic carbocycles. The average Bonchev–Trinajstić information content (AvgIpc) is 2.72. The van der Waals surface area contributed by atoms with Crippen LogP contribution < -0.4 is 5.32 Å². The number of esters is 1. The van der Waals surface area contributed by atoms with E-state index in [0.29, 0.717) is 13.2 Å². The van der Waals surface area contributed by atoms with Crippen LogP contribution in [0.25, 0.3) is 6.08 Å². The van der Waals surface area contributed by atoms with Crippen LogP contribution in [0.5, 0.6) is 0 Å². The van der Waals surface area contributed by atoms with Crippen molar-refractivity contribution in [1.29, 1.82) is 0 Å². The van der Waals surface area contributed by atoms with Gasteiger partial charge in [0.1, 0.15) is 0 Å². The summed E-state index contributed by atoms with van der Waals surface area (Å²) in [5.41, 5.74) is 1.88. The van der Waals surface area contributed by atoms with E-state index in [4.69, 9.17) is 4.74 Å². The largest absolute Gasteiger partial charge is 0.466 e. The molecule has 1 aromatic rings. The van der Waals surface area contributed by atoms with Crippen LogP contribution in [-0.2, 0) is 20.8 Å². The number of carbonyl (C=O) groups is 2. The minimum absolute atomic E-state index is 0.344. The maximum Gasteiger partial charge on any atom is 0.407 e. The third-order valence-corrected chi connectivity index (χ3v) is 7.14. The molecule has 0 unspecified atom stereocenters. The zero-order valence-corrected chi connectivity index (χ0v) is 17.1. The fourth-order valence-electron chi connectivity index (χ4n) is 6.00. The van der Waals surface area contributed by atoms with Crippen molar-refractivity contribution in [3.8, 4) is 0 Å². The maximum atomic E-state index is 12.0. The third kappa shape index (κ3) is 5.01. The van der Waals surface area contributed by atoms with Gasteiger partial charge in [0.15, 0.2) is 0 Å². The zero-order chi connectivity index (χ0) is 20.2. The van der Waals surface area contributed by atoms with Crippen molar-refractivity contribution in [2.24, 2.45) is 29.6 Å². The molecule has 0 saturated heterocycles. The van der Waals surface area contributed by atoms with Crippen molar-refractivity contribution in [2.45, 2.75) is 45.1 Å². The van der Waals surface area contributed by atoms with E-state index in [1.54, 1.807) is 6.08 Å². The Morgan fingerprint density at radius 2 is 1.69 bits per heavy atom. The van der Waals surface area contributed by atoms with Crippen molar-refractivity contribution in [1.82, 2.24) is 5.32 Å². The Hall–Kier alpha value is -2.30. The number of nitrogens with one attached hydrogen (secondary N) is 1. The average molecular weight is 398 g/mol. The van der Waals surface area contributed by atoms with Gasteiger partial charge in [0.25, 0.3) is 0 Å². The molecule has 4 aliphatic carbocycles. The van der Waals surface area contributed by atoms with E-state index in [-0.39, 0.29) is 12.1 Å². The van der Waals surface area contributed by atoms with Gasteiger partial charge >= 0.3 is 12.1 Å². The number of ether oxygens (including phenoxy) is 2. The Morgan fingerprint density at radius 1 is 1.03 bits per heavy atom. The van der Waals surface area contributed by atoms with Gasteiger partial charge in [0.2, 0.25) is 0 Å². The summed E-state index contributed by atoms with van der Waals surface area (Å²) in [6.45, 7) is 0.952. The van der Waals surface area contributed by atoms with Gasteiger partial charge in [-0.05, 0) is 85.3 Å². The van der Waals surface area contributed by atoms with E-state index in [1.165, 1.54) is 45.3 Å². The molecule has 0 spiro atoms. The van der Waals surface area contributed by atoms with Gasteiger partial charge < -0.3 is 14.8 Å². The Balaban J connectivity index is 1.16. The van der Waals surface area contributed by atoms with Gasteiger partial charge in [-0.3, -0.25) is 0 Å². The van der Waals surface area contributed by atoms with Crippen LogP contribution in [0.15, 0.2) is 30.3 Å². The Bertz CT molecular complexity index is 727. The van der Waals surface area contributed by atoms with E-state index in [9.17, 15) is 9.59 Å². The van der Waals surface area contributed by atoms with Gasteiger partial charge in [0, 0.05) is 12.6 Å². The second kappa shape index (κ2) is 9.02. The fourth-order valence-corrected chi connectivity index (χ4v) is 6.00. The molecule has 5 nitrogen and oxygen atoms in total. The second-order valence-electron chi connectivity index (χ2n) is 8.97. The third-order valence-electron chi connectivity index (χ3n) is 7.14. The highest BCUT2D eigenvalue weighted by Crippen LogP contribution is 2.57. The SMILES string of the molecule is COC(=O)/C=C/c1ccc(CNC(=O)OCCC2C3CC4CC(C3)CC2C4)cc1. The van der Waals surface area contributed by atoms with E-state index in [0.717, 1.165) is 47.1 Å². The van der Waals surface area contributed by atoms with Crippen molar-refractivity contribution >= 4 is 18.1 Å². The molecular weight excluding hydrogens is 366 g/mol. The number of methoxy groups -OCH3 is 1.